The summed E-state index contributed by atoms with van der Waals surface area (Å²) in [5, 5.41) is 0. The first kappa shape index (κ1) is 19.1. The smallest absolute Gasteiger partial charge is 0.220 e. The molecule has 0 aromatic heterocycles. The minimum atomic E-state index is -6.55. The van der Waals surface area contributed by atoms with E-state index in [9.17, 15) is 52.7 Å². The van der Waals surface area contributed by atoms with Crippen molar-refractivity contribution in [2.75, 3.05) is 13.1 Å². The topological polar surface area (TPSA) is 15.7 Å². The average molecular weight is 360 g/mol. The molecule has 1 heterocycles. The third-order valence-corrected chi connectivity index (χ3v) is 2.44. The Morgan fingerprint density at radius 1 is 0.727 bits per heavy atom. The molecular formula is C7H4F12N2O. The fourth-order valence-electron chi connectivity index (χ4n) is 1.57. The zero-order chi connectivity index (χ0) is 17.8. The molecule has 1 saturated heterocycles. The van der Waals surface area contributed by atoms with Crippen molar-refractivity contribution >= 4 is 0 Å². The summed E-state index contributed by atoms with van der Waals surface area (Å²) < 4.78 is 151. The Morgan fingerprint density at radius 2 is 1.14 bits per heavy atom. The van der Waals surface area contributed by atoms with Gasteiger partial charge in [-0.15, -0.1) is 18.1 Å². The van der Waals surface area contributed by atoms with Crippen LogP contribution in [0.15, 0.2) is 0 Å². The van der Waals surface area contributed by atoms with Gasteiger partial charge in [-0.25, -0.2) is 4.74 Å². The fraction of sp³-hybridized carbons (Fsp3) is 1.00. The number of hydrogen-bond acceptors (Lipinski definition) is 3. The number of ether oxygens (including phenoxy) is 1. The molecule has 1 aliphatic rings. The van der Waals surface area contributed by atoms with Crippen LogP contribution in [0.3, 0.4) is 0 Å². The van der Waals surface area contributed by atoms with Crippen molar-refractivity contribution in [1.82, 2.24) is 9.80 Å². The highest BCUT2D eigenvalue weighted by Crippen LogP contribution is 2.49. The van der Waals surface area contributed by atoms with Crippen LogP contribution in [0.4, 0.5) is 52.7 Å². The van der Waals surface area contributed by atoms with Gasteiger partial charge in [-0.3, -0.25) is 0 Å². The zero-order valence-corrected chi connectivity index (χ0v) is 9.75. The molecule has 132 valence electrons. The predicted molar refractivity (Wildman–Crippen MR) is 41.4 cm³/mol. The van der Waals surface area contributed by atoms with Crippen molar-refractivity contribution in [3.05, 3.63) is 0 Å². The molecular weight excluding hydrogens is 356 g/mol. The SMILES string of the molecule is FC(F)(F)OC(F)(F)C(F)(F)N1CCN(C(F)(F)F)C1(F)F. The summed E-state index contributed by atoms with van der Waals surface area (Å²) in [7, 11) is 0. The lowest BCUT2D eigenvalue weighted by atomic mass is 10.4. The second-order valence-corrected chi connectivity index (χ2v) is 3.89. The minimum absolute atomic E-state index is 1.76. The molecule has 0 aromatic carbocycles. The van der Waals surface area contributed by atoms with Crippen molar-refractivity contribution in [2.24, 2.45) is 0 Å². The second-order valence-electron chi connectivity index (χ2n) is 3.89. The maximum Gasteiger partial charge on any atom is 0.527 e. The van der Waals surface area contributed by atoms with Gasteiger partial charge in [0, 0.05) is 13.1 Å². The van der Waals surface area contributed by atoms with Gasteiger partial charge in [-0.05, 0) is 0 Å². The molecule has 0 bridgehead atoms. The Balaban J connectivity index is 3.13. The molecule has 0 radical (unpaired) electrons. The Labute approximate surface area is 113 Å². The number of rotatable bonds is 3. The Hall–Kier alpha value is -0.960. The molecule has 0 N–H and O–H groups in total. The zero-order valence-electron chi connectivity index (χ0n) is 9.75. The van der Waals surface area contributed by atoms with Crippen LogP contribution in [-0.4, -0.2) is 53.9 Å². The van der Waals surface area contributed by atoms with Gasteiger partial charge < -0.3 is 0 Å². The quantitative estimate of drug-likeness (QED) is 0.567. The van der Waals surface area contributed by atoms with E-state index in [0.717, 1.165) is 0 Å². The van der Waals surface area contributed by atoms with E-state index in [2.05, 4.69) is 0 Å². The molecule has 0 unspecified atom stereocenters. The van der Waals surface area contributed by atoms with E-state index >= 15 is 0 Å². The largest absolute Gasteiger partial charge is 0.527 e. The molecule has 0 aromatic rings. The van der Waals surface area contributed by atoms with Crippen LogP contribution in [0.2, 0.25) is 0 Å². The van der Waals surface area contributed by atoms with Gasteiger partial charge >= 0.3 is 31.0 Å². The van der Waals surface area contributed by atoms with Gasteiger partial charge in [-0.2, -0.15) is 44.4 Å². The Bertz CT molecular complexity index is 415. The molecule has 1 rings (SSSR count). The van der Waals surface area contributed by atoms with E-state index in [1.165, 1.54) is 0 Å². The Morgan fingerprint density at radius 3 is 1.45 bits per heavy atom. The third kappa shape index (κ3) is 3.34. The molecule has 0 amide bonds. The highest BCUT2D eigenvalue weighted by Gasteiger charge is 2.75. The van der Waals surface area contributed by atoms with Gasteiger partial charge in [0.25, 0.3) is 0 Å². The van der Waals surface area contributed by atoms with Gasteiger partial charge in [0.05, 0.1) is 0 Å². The van der Waals surface area contributed by atoms with Gasteiger partial charge in [0.2, 0.25) is 0 Å². The van der Waals surface area contributed by atoms with Crippen molar-refractivity contribution < 1.29 is 57.4 Å². The number of alkyl halides is 12. The highest BCUT2D eigenvalue weighted by molar-refractivity contribution is 4.91. The van der Waals surface area contributed by atoms with Crippen molar-refractivity contribution in [3.8, 4) is 0 Å². The molecule has 1 fully saturated rings. The minimum Gasteiger partial charge on any atom is -0.220 e. The molecule has 0 spiro atoms. The molecule has 15 heteroatoms. The van der Waals surface area contributed by atoms with E-state index < -0.39 is 53.9 Å². The van der Waals surface area contributed by atoms with Crippen molar-refractivity contribution in [1.29, 1.82) is 0 Å². The first-order chi connectivity index (χ1) is 9.43. The van der Waals surface area contributed by atoms with Crippen molar-refractivity contribution in [2.45, 2.75) is 31.0 Å². The lowest BCUT2D eigenvalue weighted by Gasteiger charge is -2.37. The van der Waals surface area contributed by atoms with Crippen molar-refractivity contribution in [3.63, 3.8) is 0 Å². The van der Waals surface area contributed by atoms with E-state index in [0.29, 0.717) is 0 Å². The lowest BCUT2D eigenvalue weighted by molar-refractivity contribution is -0.500. The van der Waals surface area contributed by atoms with Crippen LogP contribution in [0.5, 0.6) is 0 Å². The van der Waals surface area contributed by atoms with Crippen LogP contribution in [-0.2, 0) is 4.74 Å². The molecule has 0 atom stereocenters. The van der Waals surface area contributed by atoms with E-state index in [-0.39, 0.29) is 0 Å². The van der Waals surface area contributed by atoms with Crippen LogP contribution in [0, 0.1) is 0 Å². The number of halogens is 12. The van der Waals surface area contributed by atoms with Gasteiger partial charge in [0.1, 0.15) is 0 Å². The monoisotopic (exact) mass is 360 g/mol. The van der Waals surface area contributed by atoms with E-state index in [4.69, 9.17) is 0 Å². The molecule has 22 heavy (non-hydrogen) atoms. The van der Waals surface area contributed by atoms with Crippen LogP contribution >= 0.6 is 0 Å². The maximum absolute atomic E-state index is 13.2. The van der Waals surface area contributed by atoms with E-state index in [1.807, 2.05) is 0 Å². The summed E-state index contributed by atoms with van der Waals surface area (Å²) in [5.74, 6) is 0. The fourth-order valence-corrected chi connectivity index (χ4v) is 1.57. The maximum atomic E-state index is 13.2. The molecule has 1 aliphatic heterocycles. The predicted octanol–water partition coefficient (Wildman–Crippen LogP) is 3.40. The van der Waals surface area contributed by atoms with Crippen LogP contribution in [0.1, 0.15) is 0 Å². The van der Waals surface area contributed by atoms with Gasteiger partial charge in [-0.1, -0.05) is 0 Å². The number of hydrogen-bond donors (Lipinski definition) is 0. The standard InChI is InChI=1S/C7H4F12N2O/c8-3(9,4(10,11)22-6(15,16)17)20-1-2-21(5(12,13)14)7(20,18)19/h1-2H2. The molecule has 0 saturated carbocycles. The summed E-state index contributed by atoms with van der Waals surface area (Å²) >= 11 is 0. The first-order valence-corrected chi connectivity index (χ1v) is 4.95. The molecule has 0 aliphatic carbocycles. The average Bonchev–Trinajstić information content (AvgIpc) is 2.48. The summed E-state index contributed by atoms with van der Waals surface area (Å²) in [4.78, 5) is -3.84. The summed E-state index contributed by atoms with van der Waals surface area (Å²) in [6.07, 6.45) is -24.5. The molecule has 3 nitrogen and oxygen atoms in total. The van der Waals surface area contributed by atoms with Crippen LogP contribution in [0.25, 0.3) is 0 Å². The first-order valence-electron chi connectivity index (χ1n) is 4.95. The summed E-state index contributed by atoms with van der Waals surface area (Å²) in [6, 6.07) is -6.37. The van der Waals surface area contributed by atoms with Crippen LogP contribution < -0.4 is 0 Å². The second kappa shape index (κ2) is 5.02. The van der Waals surface area contributed by atoms with Gasteiger partial charge in [0.15, 0.2) is 0 Å². The number of nitrogens with zero attached hydrogens (tertiary/aromatic N) is 2. The third-order valence-electron chi connectivity index (χ3n) is 2.44. The summed E-state index contributed by atoms with van der Waals surface area (Å²) in [5.41, 5.74) is 0. The lowest BCUT2D eigenvalue weighted by Crippen LogP contribution is -2.63. The summed E-state index contributed by atoms with van der Waals surface area (Å²) in [6.45, 7) is -3.86. The van der Waals surface area contributed by atoms with E-state index in [1.54, 1.807) is 4.74 Å². The Kier molecular flexibility index (Phi) is 4.36. The highest BCUT2D eigenvalue weighted by atomic mass is 19.4. The normalized spacial score (nSPS) is 22.4.